The van der Waals surface area contributed by atoms with Gasteiger partial charge in [-0.3, -0.25) is 4.79 Å². The molecule has 0 bridgehead atoms. The first-order valence-electron chi connectivity index (χ1n) is 5.92. The molecule has 0 aliphatic heterocycles. The normalized spacial score (nSPS) is 10.7. The minimum absolute atomic E-state index is 0.400. The molecule has 1 N–H and O–H groups in total. The summed E-state index contributed by atoms with van der Waals surface area (Å²) in [4.78, 5) is 11.6. The Labute approximate surface area is 106 Å². The van der Waals surface area contributed by atoms with E-state index in [0.29, 0.717) is 10.4 Å². The predicted molar refractivity (Wildman–Crippen MR) is 72.3 cm³/mol. The van der Waals surface area contributed by atoms with Crippen molar-refractivity contribution < 1.29 is 5.21 Å². The molecule has 0 aliphatic rings. The highest BCUT2D eigenvalue weighted by Gasteiger charge is 2.11. The fourth-order valence-corrected chi connectivity index (χ4v) is 2.12. The number of hydrogen-bond donors (Lipinski definition) is 1. The molecule has 0 spiro atoms. The fourth-order valence-electron chi connectivity index (χ4n) is 2.12. The Morgan fingerprint density at radius 3 is 2.33 bits per heavy atom. The van der Waals surface area contributed by atoms with Crippen molar-refractivity contribution in [2.24, 2.45) is 0 Å². The number of aromatic nitrogens is 1. The third-order valence-corrected chi connectivity index (χ3v) is 3.49. The van der Waals surface area contributed by atoms with Gasteiger partial charge in [0, 0.05) is 11.6 Å². The molecule has 1 heterocycles. The lowest BCUT2D eigenvalue weighted by atomic mass is 9.96. The predicted octanol–water partition coefficient (Wildman–Crippen LogP) is 2.99. The van der Waals surface area contributed by atoms with Crippen molar-refractivity contribution in [2.75, 3.05) is 0 Å². The number of nitrogens with zero attached hydrogens (tertiary/aromatic N) is 1. The molecule has 0 radical (unpaired) electrons. The summed E-state index contributed by atoms with van der Waals surface area (Å²) in [6.45, 7) is 7.95. The molecule has 0 atom stereocenters. The van der Waals surface area contributed by atoms with Crippen LogP contribution in [0.5, 0.6) is 0 Å². The molecule has 0 fully saturated rings. The Morgan fingerprint density at radius 1 is 1.00 bits per heavy atom. The molecule has 0 saturated heterocycles. The standard InChI is InChI=1S/C15H17NO2/c1-9-7-14(16(18)15(17)8-9)13-6-5-10(2)11(3)12(13)4/h5-8,18H,1-4H3. The van der Waals surface area contributed by atoms with Crippen LogP contribution in [0.15, 0.2) is 29.1 Å². The van der Waals surface area contributed by atoms with Gasteiger partial charge in [0.15, 0.2) is 0 Å². The lowest BCUT2D eigenvalue weighted by molar-refractivity contribution is 0.179. The molecule has 0 aliphatic carbocycles. The molecule has 2 aromatic rings. The average molecular weight is 243 g/mol. The summed E-state index contributed by atoms with van der Waals surface area (Å²) < 4.78 is 0.712. The molecule has 94 valence electrons. The van der Waals surface area contributed by atoms with Crippen LogP contribution in [0.2, 0.25) is 0 Å². The third kappa shape index (κ3) is 1.92. The number of hydrogen-bond acceptors (Lipinski definition) is 2. The molecule has 2 rings (SSSR count). The monoisotopic (exact) mass is 243 g/mol. The van der Waals surface area contributed by atoms with Gasteiger partial charge in [-0.05, 0) is 56.0 Å². The zero-order valence-corrected chi connectivity index (χ0v) is 11.1. The fraction of sp³-hybridized carbons (Fsp3) is 0.267. The molecule has 3 nitrogen and oxygen atoms in total. The SMILES string of the molecule is Cc1cc(-c2ccc(C)c(C)c2C)n(O)c(=O)c1. The van der Waals surface area contributed by atoms with E-state index in [4.69, 9.17) is 0 Å². The Morgan fingerprint density at radius 2 is 1.67 bits per heavy atom. The van der Waals surface area contributed by atoms with E-state index in [0.717, 1.165) is 16.7 Å². The Kier molecular flexibility index (Phi) is 2.99. The first-order valence-corrected chi connectivity index (χ1v) is 5.92. The van der Waals surface area contributed by atoms with Crippen LogP contribution >= 0.6 is 0 Å². The molecular formula is C15H17NO2. The van der Waals surface area contributed by atoms with Crippen LogP contribution in [0.4, 0.5) is 0 Å². The zero-order valence-electron chi connectivity index (χ0n) is 11.1. The number of benzene rings is 1. The highest BCUT2D eigenvalue weighted by Crippen LogP contribution is 2.26. The molecular weight excluding hydrogens is 226 g/mol. The summed E-state index contributed by atoms with van der Waals surface area (Å²) in [6.07, 6.45) is 0. The van der Waals surface area contributed by atoms with Crippen LogP contribution in [0.25, 0.3) is 11.3 Å². The van der Waals surface area contributed by atoms with Gasteiger partial charge in [0.25, 0.3) is 5.56 Å². The van der Waals surface area contributed by atoms with E-state index < -0.39 is 5.56 Å². The second-order valence-electron chi connectivity index (χ2n) is 4.75. The van der Waals surface area contributed by atoms with Crippen molar-refractivity contribution >= 4 is 0 Å². The Bertz CT molecular complexity index is 669. The maximum absolute atomic E-state index is 11.6. The summed E-state index contributed by atoms with van der Waals surface area (Å²) in [5.74, 6) is 0. The maximum Gasteiger partial charge on any atom is 0.283 e. The van der Waals surface area contributed by atoms with Crippen LogP contribution < -0.4 is 5.56 Å². The Hall–Kier alpha value is -2.03. The van der Waals surface area contributed by atoms with Crippen LogP contribution in [0.3, 0.4) is 0 Å². The van der Waals surface area contributed by atoms with Crippen molar-refractivity contribution in [1.29, 1.82) is 0 Å². The number of pyridine rings is 1. The molecule has 18 heavy (non-hydrogen) atoms. The highest BCUT2D eigenvalue weighted by molar-refractivity contribution is 5.66. The van der Waals surface area contributed by atoms with Gasteiger partial charge in [-0.2, -0.15) is 0 Å². The summed E-state index contributed by atoms with van der Waals surface area (Å²) in [5, 5.41) is 9.86. The zero-order chi connectivity index (χ0) is 13.4. The molecule has 0 unspecified atom stereocenters. The number of rotatable bonds is 1. The van der Waals surface area contributed by atoms with Crippen molar-refractivity contribution in [3.05, 3.63) is 56.9 Å². The molecule has 0 amide bonds. The quantitative estimate of drug-likeness (QED) is 0.782. The summed E-state index contributed by atoms with van der Waals surface area (Å²) in [7, 11) is 0. The molecule has 0 saturated carbocycles. The van der Waals surface area contributed by atoms with E-state index >= 15 is 0 Å². The summed E-state index contributed by atoms with van der Waals surface area (Å²) in [5.41, 5.74) is 5.35. The topological polar surface area (TPSA) is 42.2 Å². The van der Waals surface area contributed by atoms with Crippen molar-refractivity contribution in [1.82, 2.24) is 4.73 Å². The number of aryl methyl sites for hydroxylation is 2. The van der Waals surface area contributed by atoms with Crippen molar-refractivity contribution in [3.63, 3.8) is 0 Å². The first-order chi connectivity index (χ1) is 8.41. The van der Waals surface area contributed by atoms with Crippen LogP contribution in [-0.2, 0) is 0 Å². The molecule has 3 heteroatoms. The first kappa shape index (κ1) is 12.4. The van der Waals surface area contributed by atoms with Gasteiger partial charge >= 0.3 is 0 Å². The summed E-state index contributed by atoms with van der Waals surface area (Å²) >= 11 is 0. The van der Waals surface area contributed by atoms with Crippen LogP contribution in [0.1, 0.15) is 22.3 Å². The van der Waals surface area contributed by atoms with Gasteiger partial charge in [0.05, 0.1) is 5.69 Å². The van der Waals surface area contributed by atoms with Gasteiger partial charge in [0.1, 0.15) is 0 Å². The average Bonchev–Trinajstić information content (AvgIpc) is 2.31. The lowest BCUT2D eigenvalue weighted by Gasteiger charge is -2.13. The van der Waals surface area contributed by atoms with Crippen molar-refractivity contribution in [2.45, 2.75) is 27.7 Å². The third-order valence-electron chi connectivity index (χ3n) is 3.49. The second-order valence-corrected chi connectivity index (χ2v) is 4.75. The van der Waals surface area contributed by atoms with Gasteiger partial charge < -0.3 is 5.21 Å². The van der Waals surface area contributed by atoms with Gasteiger partial charge in [-0.25, -0.2) is 0 Å². The highest BCUT2D eigenvalue weighted by atomic mass is 16.5. The molecule has 1 aromatic heterocycles. The van der Waals surface area contributed by atoms with E-state index in [1.165, 1.54) is 17.2 Å². The van der Waals surface area contributed by atoms with E-state index in [9.17, 15) is 10.0 Å². The van der Waals surface area contributed by atoms with E-state index in [1.54, 1.807) is 0 Å². The molecule has 1 aromatic carbocycles. The largest absolute Gasteiger partial charge is 0.425 e. The van der Waals surface area contributed by atoms with Crippen LogP contribution in [0, 0.1) is 27.7 Å². The second kappa shape index (κ2) is 4.33. The van der Waals surface area contributed by atoms with Gasteiger partial charge in [0.2, 0.25) is 0 Å². The minimum atomic E-state index is -0.400. The Balaban J connectivity index is 2.78. The van der Waals surface area contributed by atoms with Gasteiger partial charge in [-0.1, -0.05) is 12.1 Å². The maximum atomic E-state index is 11.6. The smallest absolute Gasteiger partial charge is 0.283 e. The lowest BCUT2D eigenvalue weighted by Crippen LogP contribution is -2.19. The van der Waals surface area contributed by atoms with E-state index in [2.05, 4.69) is 0 Å². The van der Waals surface area contributed by atoms with E-state index in [-0.39, 0.29) is 0 Å². The van der Waals surface area contributed by atoms with E-state index in [1.807, 2.05) is 45.9 Å². The minimum Gasteiger partial charge on any atom is -0.425 e. The van der Waals surface area contributed by atoms with Gasteiger partial charge in [-0.15, -0.1) is 4.73 Å². The van der Waals surface area contributed by atoms with Crippen LogP contribution in [-0.4, -0.2) is 9.94 Å². The summed E-state index contributed by atoms with van der Waals surface area (Å²) in [6, 6.07) is 7.18. The van der Waals surface area contributed by atoms with Crippen molar-refractivity contribution in [3.8, 4) is 11.3 Å².